The first-order valence-corrected chi connectivity index (χ1v) is 6.19. The highest BCUT2D eigenvalue weighted by atomic mass is 16.7. The van der Waals surface area contributed by atoms with Gasteiger partial charge in [0.25, 0.3) is 0 Å². The van der Waals surface area contributed by atoms with Crippen molar-refractivity contribution in [1.82, 2.24) is 5.48 Å². The van der Waals surface area contributed by atoms with E-state index in [-0.39, 0.29) is 5.60 Å². The third-order valence-corrected chi connectivity index (χ3v) is 2.93. The van der Waals surface area contributed by atoms with E-state index in [1.165, 1.54) is 16.8 Å². The molecule has 2 rings (SSSR count). The third-order valence-electron chi connectivity index (χ3n) is 2.93. The van der Waals surface area contributed by atoms with Crippen molar-refractivity contribution in [2.75, 3.05) is 18.5 Å². The minimum Gasteiger partial charge on any atom is -0.374 e. The second-order valence-electron chi connectivity index (χ2n) is 5.67. The summed E-state index contributed by atoms with van der Waals surface area (Å²) in [4.78, 5) is 7.82. The predicted molar refractivity (Wildman–Crippen MR) is 71.1 cm³/mol. The summed E-state index contributed by atoms with van der Waals surface area (Å²) in [6.45, 7) is 8.01. The molecule has 1 heterocycles. The molecule has 1 aromatic rings. The van der Waals surface area contributed by atoms with E-state index in [2.05, 4.69) is 35.6 Å². The van der Waals surface area contributed by atoms with Crippen LogP contribution in [0.3, 0.4) is 0 Å². The van der Waals surface area contributed by atoms with Gasteiger partial charge in [-0.2, -0.15) is 5.48 Å². The fourth-order valence-electron chi connectivity index (χ4n) is 2.07. The first-order chi connectivity index (χ1) is 7.96. The van der Waals surface area contributed by atoms with Gasteiger partial charge in [0.2, 0.25) is 0 Å². The molecule has 1 N–H and O–H groups in total. The molecule has 0 spiro atoms. The highest BCUT2D eigenvalue weighted by molar-refractivity contribution is 5.58. The van der Waals surface area contributed by atoms with Crippen molar-refractivity contribution in [3.05, 3.63) is 29.3 Å². The van der Waals surface area contributed by atoms with Gasteiger partial charge in [0, 0.05) is 25.8 Å². The molecule has 94 valence electrons. The minimum absolute atomic E-state index is 0.142. The van der Waals surface area contributed by atoms with E-state index in [0.29, 0.717) is 0 Å². The summed E-state index contributed by atoms with van der Waals surface area (Å²) in [5.74, 6) is 0. The minimum atomic E-state index is -0.142. The van der Waals surface area contributed by atoms with E-state index in [4.69, 9.17) is 4.84 Å². The molecule has 0 radical (unpaired) electrons. The smallest absolute Gasteiger partial charge is 0.0813 e. The van der Waals surface area contributed by atoms with Crippen LogP contribution in [0.1, 0.15) is 31.9 Å². The van der Waals surface area contributed by atoms with Crippen molar-refractivity contribution < 1.29 is 4.84 Å². The Bertz CT molecular complexity index is 396. The fourth-order valence-corrected chi connectivity index (χ4v) is 2.07. The lowest BCUT2D eigenvalue weighted by Crippen LogP contribution is -2.28. The standard InChI is InChI=1S/C14H22N2O/c1-14(2,3)17-15-10-11-5-6-13-12(9-11)7-8-16(13)4/h5-6,9,15H,7-8,10H2,1-4H3. The number of nitrogens with one attached hydrogen (secondary N) is 1. The maximum absolute atomic E-state index is 5.51. The molecule has 1 aliphatic rings. The third kappa shape index (κ3) is 3.20. The van der Waals surface area contributed by atoms with Gasteiger partial charge in [-0.05, 0) is 44.4 Å². The van der Waals surface area contributed by atoms with E-state index in [1.54, 1.807) is 0 Å². The number of hydrogen-bond acceptors (Lipinski definition) is 3. The van der Waals surface area contributed by atoms with Gasteiger partial charge in [-0.3, -0.25) is 4.84 Å². The lowest BCUT2D eigenvalue weighted by Gasteiger charge is -2.19. The van der Waals surface area contributed by atoms with Crippen molar-refractivity contribution in [3.63, 3.8) is 0 Å². The number of rotatable bonds is 3. The molecule has 3 heteroatoms. The van der Waals surface area contributed by atoms with Gasteiger partial charge in [0.1, 0.15) is 0 Å². The summed E-state index contributed by atoms with van der Waals surface area (Å²) in [6.07, 6.45) is 1.15. The summed E-state index contributed by atoms with van der Waals surface area (Å²) >= 11 is 0. The Balaban J connectivity index is 1.95. The highest BCUT2D eigenvalue weighted by Crippen LogP contribution is 2.27. The topological polar surface area (TPSA) is 24.5 Å². The SMILES string of the molecule is CN1CCc2cc(CNOC(C)(C)C)ccc21. The summed E-state index contributed by atoms with van der Waals surface area (Å²) in [5, 5.41) is 0. The zero-order valence-electron chi connectivity index (χ0n) is 11.2. The van der Waals surface area contributed by atoms with Gasteiger partial charge < -0.3 is 4.90 Å². The van der Waals surface area contributed by atoms with Crippen LogP contribution in [0.25, 0.3) is 0 Å². The molecule has 0 saturated carbocycles. The Morgan fingerprint density at radius 1 is 1.35 bits per heavy atom. The number of likely N-dealkylation sites (N-methyl/N-ethyl adjacent to an activating group) is 1. The van der Waals surface area contributed by atoms with E-state index in [9.17, 15) is 0 Å². The largest absolute Gasteiger partial charge is 0.374 e. The molecule has 0 saturated heterocycles. The summed E-state index contributed by atoms with van der Waals surface area (Å²) < 4.78 is 0. The molecule has 3 nitrogen and oxygen atoms in total. The Morgan fingerprint density at radius 3 is 2.82 bits per heavy atom. The van der Waals surface area contributed by atoms with Gasteiger partial charge >= 0.3 is 0 Å². The van der Waals surface area contributed by atoms with Gasteiger partial charge in [-0.25, -0.2) is 0 Å². The van der Waals surface area contributed by atoms with Crippen LogP contribution in [0.4, 0.5) is 5.69 Å². The monoisotopic (exact) mass is 234 g/mol. The fraction of sp³-hybridized carbons (Fsp3) is 0.571. The average Bonchev–Trinajstić information content (AvgIpc) is 2.58. The lowest BCUT2D eigenvalue weighted by molar-refractivity contribution is -0.0757. The Labute approximate surface area is 104 Å². The molecule has 1 aliphatic heterocycles. The first kappa shape index (κ1) is 12.4. The number of hydrogen-bond donors (Lipinski definition) is 1. The molecule has 0 atom stereocenters. The Kier molecular flexibility index (Phi) is 3.40. The number of hydroxylamine groups is 1. The van der Waals surface area contributed by atoms with Gasteiger partial charge in [-0.15, -0.1) is 0 Å². The van der Waals surface area contributed by atoms with Crippen molar-refractivity contribution >= 4 is 5.69 Å². The molecule has 17 heavy (non-hydrogen) atoms. The van der Waals surface area contributed by atoms with Crippen LogP contribution in [0.15, 0.2) is 18.2 Å². The normalized spacial score (nSPS) is 15.2. The molecule has 0 amide bonds. The van der Waals surface area contributed by atoms with E-state index in [0.717, 1.165) is 19.5 Å². The van der Waals surface area contributed by atoms with Crippen molar-refractivity contribution in [2.24, 2.45) is 0 Å². The molecule has 1 aromatic carbocycles. The van der Waals surface area contributed by atoms with Crippen molar-refractivity contribution in [1.29, 1.82) is 0 Å². The molecule has 0 aliphatic carbocycles. The summed E-state index contributed by atoms with van der Waals surface area (Å²) in [5.41, 5.74) is 6.98. The zero-order valence-corrected chi connectivity index (χ0v) is 11.2. The quantitative estimate of drug-likeness (QED) is 0.813. The number of anilines is 1. The van der Waals surface area contributed by atoms with E-state index >= 15 is 0 Å². The van der Waals surface area contributed by atoms with Crippen LogP contribution < -0.4 is 10.4 Å². The number of nitrogens with zero attached hydrogens (tertiary/aromatic N) is 1. The highest BCUT2D eigenvalue weighted by Gasteiger charge is 2.15. The van der Waals surface area contributed by atoms with E-state index < -0.39 is 0 Å². The van der Waals surface area contributed by atoms with Gasteiger partial charge in [0.05, 0.1) is 5.60 Å². The van der Waals surface area contributed by atoms with E-state index in [1.807, 2.05) is 20.8 Å². The van der Waals surface area contributed by atoms with Crippen LogP contribution >= 0.6 is 0 Å². The average molecular weight is 234 g/mol. The Hall–Kier alpha value is -1.06. The molecule has 0 aromatic heterocycles. The maximum atomic E-state index is 5.51. The zero-order chi connectivity index (χ0) is 12.5. The molecule has 0 bridgehead atoms. The lowest BCUT2D eigenvalue weighted by atomic mass is 10.1. The Morgan fingerprint density at radius 2 is 2.12 bits per heavy atom. The second-order valence-corrected chi connectivity index (χ2v) is 5.67. The summed E-state index contributed by atoms with van der Waals surface area (Å²) in [7, 11) is 2.15. The first-order valence-electron chi connectivity index (χ1n) is 6.19. The molecule has 0 fully saturated rings. The molecule has 0 unspecified atom stereocenters. The number of benzene rings is 1. The van der Waals surface area contributed by atoms with Crippen LogP contribution in [0, 0.1) is 0 Å². The maximum Gasteiger partial charge on any atom is 0.0813 e. The molecular weight excluding hydrogens is 212 g/mol. The van der Waals surface area contributed by atoms with Crippen LogP contribution in [-0.2, 0) is 17.8 Å². The van der Waals surface area contributed by atoms with Crippen LogP contribution in [-0.4, -0.2) is 19.2 Å². The van der Waals surface area contributed by atoms with Gasteiger partial charge in [0.15, 0.2) is 0 Å². The summed E-state index contributed by atoms with van der Waals surface area (Å²) in [6, 6.07) is 6.65. The van der Waals surface area contributed by atoms with Gasteiger partial charge in [-0.1, -0.05) is 12.1 Å². The van der Waals surface area contributed by atoms with Crippen LogP contribution in [0.5, 0.6) is 0 Å². The van der Waals surface area contributed by atoms with Crippen molar-refractivity contribution in [3.8, 4) is 0 Å². The molecular formula is C14H22N2O. The van der Waals surface area contributed by atoms with Crippen molar-refractivity contribution in [2.45, 2.75) is 39.3 Å². The predicted octanol–water partition coefficient (Wildman–Crippen LogP) is 2.50. The number of fused-ring (bicyclic) bond motifs is 1. The second kappa shape index (κ2) is 4.67. The van der Waals surface area contributed by atoms with Crippen LogP contribution in [0.2, 0.25) is 0 Å².